The van der Waals surface area contributed by atoms with Gasteiger partial charge in [-0.3, -0.25) is 4.79 Å². The van der Waals surface area contributed by atoms with Gasteiger partial charge in [0, 0.05) is 6.42 Å². The molecular weight excluding hydrogens is 202 g/mol. The van der Waals surface area contributed by atoms with Gasteiger partial charge in [-0.2, -0.15) is 0 Å². The first-order valence-corrected chi connectivity index (χ1v) is 6.69. The van der Waals surface area contributed by atoms with Crippen LogP contribution in [0.25, 0.3) is 0 Å². The van der Waals surface area contributed by atoms with Gasteiger partial charge in [-0.05, 0) is 33.6 Å². The number of carboxylic acid groups (broad SMARTS) is 1. The van der Waals surface area contributed by atoms with Gasteiger partial charge in [-0.1, -0.05) is 6.42 Å². The molecule has 16 heavy (non-hydrogen) atoms. The highest BCUT2D eigenvalue weighted by molar-refractivity contribution is 5.70. The monoisotopic (exact) mass is 228 g/mol. The molecule has 0 aromatic carbocycles. The zero-order valence-corrected chi connectivity index (χ0v) is 10.9. The molecule has 0 radical (unpaired) electrons. The van der Waals surface area contributed by atoms with Crippen LogP contribution < -0.4 is 0 Å². The molecule has 0 bridgehead atoms. The van der Waals surface area contributed by atoms with Crippen molar-refractivity contribution in [3.8, 4) is 0 Å². The Balaban J connectivity index is 2.91. The Hall–Kier alpha value is -0.570. The largest absolute Gasteiger partial charge is 0.481 e. The minimum atomic E-state index is -0.581. The average molecular weight is 228 g/mol. The lowest BCUT2D eigenvalue weighted by molar-refractivity contribution is -0.950. The maximum atomic E-state index is 11.3. The first-order chi connectivity index (χ1) is 7.61. The molecule has 0 aromatic rings. The Bertz CT molecular complexity index is 228. The molecule has 1 saturated carbocycles. The summed E-state index contributed by atoms with van der Waals surface area (Å²) in [6.45, 7) is 9.76. The van der Waals surface area contributed by atoms with E-state index in [0.717, 1.165) is 43.4 Å². The lowest BCUT2D eigenvalue weighted by atomic mass is 9.82. The van der Waals surface area contributed by atoms with Gasteiger partial charge >= 0.3 is 5.97 Å². The summed E-state index contributed by atoms with van der Waals surface area (Å²) < 4.78 is 0.983. The highest BCUT2D eigenvalue weighted by Crippen LogP contribution is 2.33. The molecule has 1 aliphatic carbocycles. The summed E-state index contributed by atoms with van der Waals surface area (Å²) in [6.07, 6.45) is 4.26. The molecule has 0 aromatic heterocycles. The third kappa shape index (κ3) is 2.40. The summed E-state index contributed by atoms with van der Waals surface area (Å²) >= 11 is 0. The number of rotatable bonds is 5. The van der Waals surface area contributed by atoms with Crippen LogP contribution in [0.5, 0.6) is 0 Å². The van der Waals surface area contributed by atoms with Crippen LogP contribution in [0.2, 0.25) is 0 Å². The van der Waals surface area contributed by atoms with E-state index in [2.05, 4.69) is 20.8 Å². The molecule has 0 amide bonds. The third-order valence-electron chi connectivity index (χ3n) is 4.64. The highest BCUT2D eigenvalue weighted by Gasteiger charge is 2.43. The van der Waals surface area contributed by atoms with Crippen molar-refractivity contribution in [1.82, 2.24) is 0 Å². The molecular formula is C13H26NO2+. The van der Waals surface area contributed by atoms with Crippen LogP contribution in [-0.2, 0) is 4.79 Å². The average Bonchev–Trinajstić information content (AvgIpc) is 2.32. The number of carbonyl (C=O) groups is 1. The van der Waals surface area contributed by atoms with E-state index in [1.165, 1.54) is 6.42 Å². The quantitative estimate of drug-likeness (QED) is 0.734. The minimum absolute atomic E-state index is 0.117. The first-order valence-electron chi connectivity index (χ1n) is 6.69. The fourth-order valence-corrected chi connectivity index (χ4v) is 3.43. The van der Waals surface area contributed by atoms with Crippen LogP contribution in [0.3, 0.4) is 0 Å². The van der Waals surface area contributed by atoms with Gasteiger partial charge in [-0.25, -0.2) is 0 Å². The number of carboxylic acids is 1. The molecule has 1 N–H and O–H groups in total. The second-order valence-electron chi connectivity index (χ2n) is 4.96. The molecule has 1 rings (SSSR count). The van der Waals surface area contributed by atoms with E-state index in [4.69, 9.17) is 0 Å². The van der Waals surface area contributed by atoms with Crippen molar-refractivity contribution in [3.05, 3.63) is 0 Å². The Morgan fingerprint density at radius 2 is 1.62 bits per heavy atom. The standard InChI is InChI=1S/C13H25NO2/c1-4-14(5-2,6-3)12-10-8-7-9-11(12)13(15)16/h11-12H,4-10H2,1-3H3/p+1. The van der Waals surface area contributed by atoms with Gasteiger partial charge in [0.1, 0.15) is 12.0 Å². The van der Waals surface area contributed by atoms with Crippen LogP contribution in [0.15, 0.2) is 0 Å². The third-order valence-corrected chi connectivity index (χ3v) is 4.64. The lowest BCUT2D eigenvalue weighted by Gasteiger charge is -2.47. The maximum absolute atomic E-state index is 11.3. The fourth-order valence-electron chi connectivity index (χ4n) is 3.43. The van der Waals surface area contributed by atoms with Gasteiger partial charge in [0.05, 0.1) is 19.6 Å². The van der Waals surface area contributed by atoms with Gasteiger partial charge < -0.3 is 9.59 Å². The van der Waals surface area contributed by atoms with Crippen LogP contribution in [0.1, 0.15) is 46.5 Å². The minimum Gasteiger partial charge on any atom is -0.481 e. The zero-order chi connectivity index (χ0) is 12.2. The summed E-state index contributed by atoms with van der Waals surface area (Å²) in [5.41, 5.74) is 0. The van der Waals surface area contributed by atoms with Crippen molar-refractivity contribution < 1.29 is 14.4 Å². The second-order valence-corrected chi connectivity index (χ2v) is 4.96. The van der Waals surface area contributed by atoms with E-state index < -0.39 is 5.97 Å². The Morgan fingerprint density at radius 3 is 2.06 bits per heavy atom. The summed E-state index contributed by atoms with van der Waals surface area (Å²) in [5, 5.41) is 9.35. The zero-order valence-electron chi connectivity index (χ0n) is 10.9. The number of hydrogen-bond acceptors (Lipinski definition) is 1. The van der Waals surface area contributed by atoms with E-state index in [1.54, 1.807) is 0 Å². The predicted octanol–water partition coefficient (Wildman–Crippen LogP) is 2.51. The predicted molar refractivity (Wildman–Crippen MR) is 65.3 cm³/mol. The molecule has 2 unspecified atom stereocenters. The van der Waals surface area contributed by atoms with E-state index in [-0.39, 0.29) is 5.92 Å². The molecule has 0 saturated heterocycles. The Morgan fingerprint density at radius 1 is 1.12 bits per heavy atom. The SMILES string of the molecule is CC[N+](CC)(CC)C1CCCCC1C(=O)O. The van der Waals surface area contributed by atoms with Crippen molar-refractivity contribution >= 4 is 5.97 Å². The molecule has 0 aliphatic heterocycles. The number of nitrogens with zero attached hydrogens (tertiary/aromatic N) is 1. The van der Waals surface area contributed by atoms with E-state index in [1.807, 2.05) is 0 Å². The topological polar surface area (TPSA) is 37.3 Å². The molecule has 3 nitrogen and oxygen atoms in total. The van der Waals surface area contributed by atoms with Crippen molar-refractivity contribution in [1.29, 1.82) is 0 Å². The summed E-state index contributed by atoms with van der Waals surface area (Å²) in [5.74, 6) is -0.698. The summed E-state index contributed by atoms with van der Waals surface area (Å²) in [4.78, 5) is 11.3. The van der Waals surface area contributed by atoms with Crippen molar-refractivity contribution in [2.75, 3.05) is 19.6 Å². The normalized spacial score (nSPS) is 26.7. The number of aliphatic carboxylic acids is 1. The molecule has 1 fully saturated rings. The van der Waals surface area contributed by atoms with Gasteiger partial charge in [-0.15, -0.1) is 0 Å². The molecule has 2 atom stereocenters. The highest BCUT2D eigenvalue weighted by atomic mass is 16.4. The van der Waals surface area contributed by atoms with Crippen molar-refractivity contribution in [2.45, 2.75) is 52.5 Å². The summed E-state index contributed by atoms with van der Waals surface area (Å²) in [6, 6.07) is 0.339. The van der Waals surface area contributed by atoms with Crippen LogP contribution in [0, 0.1) is 5.92 Å². The smallest absolute Gasteiger partial charge is 0.312 e. The molecule has 94 valence electrons. The van der Waals surface area contributed by atoms with Crippen LogP contribution in [-0.4, -0.2) is 41.2 Å². The van der Waals surface area contributed by atoms with Crippen molar-refractivity contribution in [2.24, 2.45) is 5.92 Å². The van der Waals surface area contributed by atoms with E-state index in [0.29, 0.717) is 6.04 Å². The fraction of sp³-hybridized carbons (Fsp3) is 0.923. The molecule has 1 aliphatic rings. The van der Waals surface area contributed by atoms with Crippen molar-refractivity contribution in [3.63, 3.8) is 0 Å². The lowest BCUT2D eigenvalue weighted by Crippen LogP contribution is -2.60. The first kappa shape index (κ1) is 13.5. The van der Waals surface area contributed by atoms with Gasteiger partial charge in [0.25, 0.3) is 0 Å². The summed E-state index contributed by atoms with van der Waals surface area (Å²) in [7, 11) is 0. The molecule has 3 heteroatoms. The van der Waals surface area contributed by atoms with Gasteiger partial charge in [0.15, 0.2) is 0 Å². The number of quaternary nitrogens is 1. The Labute approximate surface area is 99.0 Å². The van der Waals surface area contributed by atoms with E-state index in [9.17, 15) is 9.90 Å². The van der Waals surface area contributed by atoms with E-state index >= 15 is 0 Å². The number of hydrogen-bond donors (Lipinski definition) is 1. The van der Waals surface area contributed by atoms with Gasteiger partial charge in [0.2, 0.25) is 0 Å². The second kappa shape index (κ2) is 5.67. The Kier molecular flexibility index (Phi) is 4.78. The maximum Gasteiger partial charge on any atom is 0.312 e. The van der Waals surface area contributed by atoms with Crippen LogP contribution in [0.4, 0.5) is 0 Å². The molecule has 0 spiro atoms. The van der Waals surface area contributed by atoms with Crippen LogP contribution >= 0.6 is 0 Å². The molecule has 0 heterocycles.